The molecule has 0 amide bonds. The van der Waals surface area contributed by atoms with Crippen LogP contribution in [0.25, 0.3) is 5.57 Å². The lowest BCUT2D eigenvalue weighted by Crippen LogP contribution is -2.34. The number of rotatable bonds is 14. The molecule has 3 N–H and O–H groups in total. The third kappa shape index (κ3) is 12.5. The normalized spacial score (nSPS) is 12.8. The summed E-state index contributed by atoms with van der Waals surface area (Å²) in [5, 5.41) is 19.8. The summed E-state index contributed by atoms with van der Waals surface area (Å²) in [6.45, 7) is 17.5. The van der Waals surface area contributed by atoms with Crippen LogP contribution >= 0.6 is 0 Å². The quantitative estimate of drug-likeness (QED) is 0.185. The summed E-state index contributed by atoms with van der Waals surface area (Å²) in [5.41, 5.74) is 4.21. The molecule has 0 aliphatic rings. The van der Waals surface area contributed by atoms with Gasteiger partial charge in [-0.2, -0.15) is 0 Å². The van der Waals surface area contributed by atoms with Gasteiger partial charge in [0.25, 0.3) is 0 Å². The van der Waals surface area contributed by atoms with Gasteiger partial charge in [-0.1, -0.05) is 75.2 Å². The van der Waals surface area contributed by atoms with Crippen LogP contribution in [0.3, 0.4) is 0 Å². The van der Waals surface area contributed by atoms with E-state index in [2.05, 4.69) is 55.4 Å². The third-order valence-electron chi connectivity index (χ3n) is 4.86. The van der Waals surface area contributed by atoms with Gasteiger partial charge in [0, 0.05) is 25.3 Å². The van der Waals surface area contributed by atoms with E-state index in [-0.39, 0.29) is 23.7 Å². The first kappa shape index (κ1) is 29.9. The zero-order valence-corrected chi connectivity index (χ0v) is 20.6. The number of aliphatic hydroxyl groups excluding tert-OH is 2. The minimum atomic E-state index is -0.228. The van der Waals surface area contributed by atoms with Crippen molar-refractivity contribution in [1.82, 2.24) is 5.32 Å². The number of hydrogen-bond acceptors (Lipinski definition) is 5. The smallest absolute Gasteiger partial charge is 0.308 e. The first-order chi connectivity index (χ1) is 15.8. The SMILES string of the molecule is C=C/C=C(\C=C/C)c1ccc(CC(C[C@@H](C)C(=O)OCC)NC(=C)CCC(=C)O)cc1.CO. The fraction of sp³-hybridized carbons (Fsp3) is 0.393. The topological polar surface area (TPSA) is 78.8 Å². The van der Waals surface area contributed by atoms with Gasteiger partial charge in [0.05, 0.1) is 18.3 Å². The van der Waals surface area contributed by atoms with Gasteiger partial charge in [0.2, 0.25) is 0 Å². The van der Waals surface area contributed by atoms with Crippen molar-refractivity contribution in [2.45, 2.75) is 52.5 Å². The van der Waals surface area contributed by atoms with Crippen LogP contribution in [0.15, 0.2) is 79.8 Å². The molecule has 2 atom stereocenters. The van der Waals surface area contributed by atoms with Gasteiger partial charge in [-0.3, -0.25) is 4.79 Å². The Bertz CT molecular complexity index is 806. The lowest BCUT2D eigenvalue weighted by atomic mass is 9.94. The van der Waals surface area contributed by atoms with Crippen LogP contribution in [0.5, 0.6) is 0 Å². The molecule has 0 bridgehead atoms. The molecule has 182 valence electrons. The maximum atomic E-state index is 12.1. The Labute approximate surface area is 199 Å². The molecular formula is C28H41NO4. The van der Waals surface area contributed by atoms with Gasteiger partial charge >= 0.3 is 5.97 Å². The molecule has 0 aliphatic heterocycles. The predicted molar refractivity (Wildman–Crippen MR) is 139 cm³/mol. The summed E-state index contributed by atoms with van der Waals surface area (Å²) in [7, 11) is 1.00. The Balaban J connectivity index is 0.00000497. The second-order valence-corrected chi connectivity index (χ2v) is 7.66. The number of benzene rings is 1. The van der Waals surface area contributed by atoms with E-state index in [1.54, 1.807) is 6.08 Å². The summed E-state index contributed by atoms with van der Waals surface area (Å²) < 4.78 is 5.17. The van der Waals surface area contributed by atoms with Gasteiger partial charge in [0.1, 0.15) is 0 Å². The minimum Gasteiger partial charge on any atom is -0.513 e. The van der Waals surface area contributed by atoms with Crippen molar-refractivity contribution >= 4 is 11.5 Å². The molecule has 0 radical (unpaired) electrons. The number of esters is 1. The Morgan fingerprint density at radius 2 is 1.82 bits per heavy atom. The van der Waals surface area contributed by atoms with Gasteiger partial charge in [-0.25, -0.2) is 0 Å². The Hall–Kier alpha value is -3.05. The van der Waals surface area contributed by atoms with Crippen molar-refractivity contribution in [1.29, 1.82) is 0 Å². The second kappa shape index (κ2) is 17.5. The van der Waals surface area contributed by atoms with E-state index in [0.717, 1.165) is 35.9 Å². The number of carbonyl (C=O) groups is 1. The Kier molecular flexibility index (Phi) is 15.9. The molecule has 0 saturated carbocycles. The van der Waals surface area contributed by atoms with Crippen molar-refractivity contribution in [2.24, 2.45) is 5.92 Å². The van der Waals surface area contributed by atoms with Crippen molar-refractivity contribution in [3.05, 3.63) is 90.9 Å². The molecule has 0 spiro atoms. The van der Waals surface area contributed by atoms with Crippen molar-refractivity contribution in [2.75, 3.05) is 13.7 Å². The summed E-state index contributed by atoms with van der Waals surface area (Å²) in [6, 6.07) is 8.43. The van der Waals surface area contributed by atoms with E-state index in [1.807, 2.05) is 32.9 Å². The average Bonchev–Trinajstić information content (AvgIpc) is 2.79. The molecule has 0 aromatic heterocycles. The van der Waals surface area contributed by atoms with Crippen molar-refractivity contribution < 1.29 is 19.7 Å². The van der Waals surface area contributed by atoms with Crippen LogP contribution in [-0.4, -0.2) is 35.9 Å². The molecule has 0 fully saturated rings. The van der Waals surface area contributed by atoms with E-state index < -0.39 is 0 Å². The first-order valence-electron chi connectivity index (χ1n) is 11.3. The van der Waals surface area contributed by atoms with Crippen molar-refractivity contribution in [3.8, 4) is 0 Å². The lowest BCUT2D eigenvalue weighted by Gasteiger charge is -2.24. The maximum absolute atomic E-state index is 12.1. The zero-order chi connectivity index (χ0) is 25.2. The fourth-order valence-corrected chi connectivity index (χ4v) is 3.33. The monoisotopic (exact) mass is 455 g/mol. The molecule has 1 unspecified atom stereocenters. The van der Waals surface area contributed by atoms with Crippen molar-refractivity contribution in [3.63, 3.8) is 0 Å². The van der Waals surface area contributed by atoms with Crippen LogP contribution in [0, 0.1) is 5.92 Å². The summed E-state index contributed by atoms with van der Waals surface area (Å²) in [6.07, 6.45) is 10.3. The molecule has 0 saturated heterocycles. The standard InChI is InChI=1S/C27H37NO3.CH4O/c1-7-10-24(11-8-2)25-16-14-23(15-17-25)19-26(18-20(4)27(30)31-9-3)28-21(5)12-13-22(6)29;1-2/h7-8,10-11,14-17,20,26,28-29H,1,5-6,9,12-13,18-19H2,2-4H3;2H,1H3/b11-8-,24-10+;/t20-,26?;/m1./s1. The van der Waals surface area contributed by atoms with E-state index in [9.17, 15) is 9.90 Å². The number of hydrogen-bond donors (Lipinski definition) is 3. The second-order valence-electron chi connectivity index (χ2n) is 7.66. The molecular weight excluding hydrogens is 414 g/mol. The van der Waals surface area contributed by atoms with Crippen LogP contribution in [0.2, 0.25) is 0 Å². The molecule has 1 rings (SSSR count). The summed E-state index contributed by atoms with van der Waals surface area (Å²) in [5.74, 6) is -0.279. The highest BCUT2D eigenvalue weighted by Gasteiger charge is 2.21. The third-order valence-corrected chi connectivity index (χ3v) is 4.86. The van der Waals surface area contributed by atoms with E-state index >= 15 is 0 Å². The number of aliphatic hydroxyl groups is 2. The molecule has 5 heteroatoms. The number of allylic oxidation sites excluding steroid dienone is 7. The molecule has 5 nitrogen and oxygen atoms in total. The highest BCUT2D eigenvalue weighted by molar-refractivity contribution is 5.75. The molecule has 1 aromatic carbocycles. The summed E-state index contributed by atoms with van der Waals surface area (Å²) >= 11 is 0. The van der Waals surface area contributed by atoms with E-state index in [4.69, 9.17) is 9.84 Å². The highest BCUT2D eigenvalue weighted by atomic mass is 16.5. The van der Waals surface area contributed by atoms with E-state index in [1.165, 1.54) is 0 Å². The molecule has 0 heterocycles. The van der Waals surface area contributed by atoms with Gasteiger partial charge in [0.15, 0.2) is 0 Å². The minimum absolute atomic E-state index is 0.0171. The van der Waals surface area contributed by atoms with Gasteiger partial charge in [-0.05, 0) is 49.8 Å². The number of ether oxygens (including phenoxy) is 1. The summed E-state index contributed by atoms with van der Waals surface area (Å²) in [4.78, 5) is 12.1. The van der Waals surface area contributed by atoms with E-state index in [0.29, 0.717) is 25.9 Å². The van der Waals surface area contributed by atoms with Crippen LogP contribution in [0.1, 0.15) is 51.2 Å². The van der Waals surface area contributed by atoms with Gasteiger partial charge < -0.3 is 20.3 Å². The Morgan fingerprint density at radius 1 is 1.18 bits per heavy atom. The van der Waals surface area contributed by atoms with Crippen LogP contribution in [0.4, 0.5) is 0 Å². The number of carbonyl (C=O) groups excluding carboxylic acids is 1. The largest absolute Gasteiger partial charge is 0.513 e. The van der Waals surface area contributed by atoms with Crippen LogP contribution in [-0.2, 0) is 16.0 Å². The number of nitrogens with one attached hydrogen (secondary N) is 1. The average molecular weight is 456 g/mol. The Morgan fingerprint density at radius 3 is 2.33 bits per heavy atom. The first-order valence-corrected chi connectivity index (χ1v) is 11.3. The van der Waals surface area contributed by atoms with Gasteiger partial charge in [-0.15, -0.1) is 0 Å². The van der Waals surface area contributed by atoms with Crippen LogP contribution < -0.4 is 5.32 Å². The lowest BCUT2D eigenvalue weighted by molar-refractivity contribution is -0.147. The highest BCUT2D eigenvalue weighted by Crippen LogP contribution is 2.20. The zero-order valence-electron chi connectivity index (χ0n) is 20.6. The maximum Gasteiger partial charge on any atom is 0.308 e. The molecule has 33 heavy (non-hydrogen) atoms. The molecule has 0 aliphatic carbocycles. The predicted octanol–water partition coefficient (Wildman–Crippen LogP) is 5.90. The molecule has 1 aromatic rings. The fourth-order valence-electron chi connectivity index (χ4n) is 3.33.